The van der Waals surface area contributed by atoms with E-state index in [0.717, 1.165) is 12.8 Å². The summed E-state index contributed by atoms with van der Waals surface area (Å²) >= 11 is 0. The van der Waals surface area contributed by atoms with Crippen molar-refractivity contribution in [3.63, 3.8) is 0 Å². The smallest absolute Gasteiger partial charge is 0.157 e. The Labute approximate surface area is 119 Å². The van der Waals surface area contributed by atoms with Gasteiger partial charge in [0, 0.05) is 13.2 Å². The van der Waals surface area contributed by atoms with Gasteiger partial charge in [-0.15, -0.1) is 0 Å². The van der Waals surface area contributed by atoms with E-state index in [1.54, 1.807) is 0 Å². The number of hydrogen-bond donors (Lipinski definition) is 1. The summed E-state index contributed by atoms with van der Waals surface area (Å²) < 4.78 is 11.5. The third-order valence-electron chi connectivity index (χ3n) is 3.68. The van der Waals surface area contributed by atoms with E-state index in [1.165, 1.54) is 0 Å². The molecule has 0 aromatic heterocycles. The van der Waals surface area contributed by atoms with Crippen LogP contribution in [-0.2, 0) is 9.47 Å². The maximum absolute atomic E-state index is 9.42. The van der Waals surface area contributed by atoms with Gasteiger partial charge in [0.25, 0.3) is 0 Å². The summed E-state index contributed by atoms with van der Waals surface area (Å²) in [5.74, 6) is 1.80. The topological polar surface area (TPSA) is 38.7 Å². The molecule has 0 saturated carbocycles. The maximum atomic E-state index is 9.42. The van der Waals surface area contributed by atoms with Gasteiger partial charge in [-0.1, -0.05) is 34.6 Å². The van der Waals surface area contributed by atoms with E-state index < -0.39 is 0 Å². The van der Waals surface area contributed by atoms with Gasteiger partial charge in [0.15, 0.2) is 6.29 Å². The second-order valence-electron chi connectivity index (χ2n) is 6.26. The fourth-order valence-corrected chi connectivity index (χ4v) is 2.30. The summed E-state index contributed by atoms with van der Waals surface area (Å²) in [6.07, 6.45) is 1.97. The quantitative estimate of drug-likeness (QED) is 0.584. The molecule has 0 amide bonds. The highest BCUT2D eigenvalue weighted by Crippen LogP contribution is 2.22. The molecule has 0 aliphatic rings. The van der Waals surface area contributed by atoms with Gasteiger partial charge in [-0.25, -0.2) is 0 Å². The lowest BCUT2D eigenvalue weighted by atomic mass is 9.85. The molecule has 3 unspecified atom stereocenters. The molecule has 3 heteroatoms. The van der Waals surface area contributed by atoms with Gasteiger partial charge >= 0.3 is 0 Å². The molecule has 0 saturated heterocycles. The van der Waals surface area contributed by atoms with Crippen molar-refractivity contribution in [3.8, 4) is 0 Å². The van der Waals surface area contributed by atoms with E-state index in [0.29, 0.717) is 36.9 Å². The lowest BCUT2D eigenvalue weighted by Gasteiger charge is -2.27. The molecule has 0 aromatic carbocycles. The Hall–Kier alpha value is -0.120. The highest BCUT2D eigenvalue weighted by atomic mass is 16.7. The lowest BCUT2D eigenvalue weighted by Crippen LogP contribution is -2.28. The van der Waals surface area contributed by atoms with Crippen LogP contribution in [-0.4, -0.2) is 31.2 Å². The van der Waals surface area contributed by atoms with Crippen LogP contribution in [0.4, 0.5) is 0 Å². The van der Waals surface area contributed by atoms with E-state index in [4.69, 9.17) is 9.47 Å². The predicted molar refractivity (Wildman–Crippen MR) is 80.0 cm³/mol. The van der Waals surface area contributed by atoms with Gasteiger partial charge in [0.2, 0.25) is 0 Å². The Morgan fingerprint density at radius 2 is 1.58 bits per heavy atom. The molecular formula is C16H34O3. The highest BCUT2D eigenvalue weighted by molar-refractivity contribution is 4.68. The highest BCUT2D eigenvalue weighted by Gasteiger charge is 2.21. The van der Waals surface area contributed by atoms with E-state index in [-0.39, 0.29) is 12.9 Å². The Morgan fingerprint density at radius 3 is 2.00 bits per heavy atom. The van der Waals surface area contributed by atoms with Crippen LogP contribution in [0.15, 0.2) is 0 Å². The van der Waals surface area contributed by atoms with E-state index in [9.17, 15) is 5.11 Å². The lowest BCUT2D eigenvalue weighted by molar-refractivity contribution is -0.156. The van der Waals surface area contributed by atoms with E-state index >= 15 is 0 Å². The summed E-state index contributed by atoms with van der Waals surface area (Å²) in [5.41, 5.74) is 0. The molecule has 0 aromatic rings. The van der Waals surface area contributed by atoms with Crippen LogP contribution < -0.4 is 0 Å². The largest absolute Gasteiger partial charge is 0.396 e. The average molecular weight is 274 g/mol. The number of hydrogen-bond acceptors (Lipinski definition) is 3. The number of ether oxygens (including phenoxy) is 2. The molecule has 3 atom stereocenters. The first-order chi connectivity index (χ1) is 8.92. The van der Waals surface area contributed by atoms with E-state index in [1.807, 2.05) is 6.92 Å². The Morgan fingerprint density at radius 1 is 0.947 bits per heavy atom. The summed E-state index contributed by atoms with van der Waals surface area (Å²) in [7, 11) is 0. The van der Waals surface area contributed by atoms with Gasteiger partial charge in [-0.05, 0) is 43.4 Å². The monoisotopic (exact) mass is 274 g/mol. The minimum Gasteiger partial charge on any atom is -0.396 e. The molecule has 0 rings (SSSR count). The number of aliphatic hydroxyl groups excluding tert-OH is 1. The standard InChI is InChI=1S/C16H34O3/c1-7-18-16(9-8-12(2)3)19-11-14(6)15(10-17)13(4)5/h12-17H,7-11H2,1-6H3. The van der Waals surface area contributed by atoms with Crippen LogP contribution in [0, 0.1) is 23.7 Å². The van der Waals surface area contributed by atoms with Crippen molar-refractivity contribution in [1.82, 2.24) is 0 Å². The third kappa shape index (κ3) is 8.61. The minimum atomic E-state index is -0.0960. The zero-order valence-corrected chi connectivity index (χ0v) is 13.7. The first kappa shape index (κ1) is 18.9. The van der Waals surface area contributed by atoms with Crippen LogP contribution in [0.3, 0.4) is 0 Å². The number of aliphatic hydroxyl groups is 1. The van der Waals surface area contributed by atoms with E-state index in [2.05, 4.69) is 34.6 Å². The van der Waals surface area contributed by atoms with Crippen LogP contribution in [0.25, 0.3) is 0 Å². The van der Waals surface area contributed by atoms with Crippen LogP contribution in [0.1, 0.15) is 54.4 Å². The normalized spacial score (nSPS) is 16.9. The van der Waals surface area contributed by atoms with Gasteiger partial charge in [-0.3, -0.25) is 0 Å². The zero-order chi connectivity index (χ0) is 14.8. The van der Waals surface area contributed by atoms with Gasteiger partial charge < -0.3 is 14.6 Å². The molecule has 3 nitrogen and oxygen atoms in total. The van der Waals surface area contributed by atoms with Crippen LogP contribution in [0.2, 0.25) is 0 Å². The van der Waals surface area contributed by atoms with Crippen molar-refractivity contribution in [2.24, 2.45) is 23.7 Å². The van der Waals surface area contributed by atoms with Crippen LogP contribution in [0.5, 0.6) is 0 Å². The Balaban J connectivity index is 4.14. The molecule has 0 aliphatic carbocycles. The SMILES string of the molecule is CCOC(CCC(C)C)OCC(C)C(CO)C(C)C. The van der Waals surface area contributed by atoms with Gasteiger partial charge in [-0.2, -0.15) is 0 Å². The van der Waals surface area contributed by atoms with Crippen molar-refractivity contribution in [2.75, 3.05) is 19.8 Å². The Kier molecular flexibility index (Phi) is 10.6. The molecule has 0 heterocycles. The second kappa shape index (κ2) is 10.6. The van der Waals surface area contributed by atoms with Crippen molar-refractivity contribution in [2.45, 2.75) is 60.7 Å². The first-order valence-electron chi connectivity index (χ1n) is 7.76. The molecule has 19 heavy (non-hydrogen) atoms. The van der Waals surface area contributed by atoms with Crippen molar-refractivity contribution in [3.05, 3.63) is 0 Å². The van der Waals surface area contributed by atoms with Gasteiger partial charge in [0.1, 0.15) is 0 Å². The van der Waals surface area contributed by atoms with Crippen molar-refractivity contribution < 1.29 is 14.6 Å². The summed E-state index contributed by atoms with van der Waals surface area (Å²) in [6.45, 7) is 14.4. The molecule has 1 N–H and O–H groups in total. The first-order valence-corrected chi connectivity index (χ1v) is 7.76. The average Bonchev–Trinajstić information content (AvgIpc) is 2.32. The molecule has 0 aliphatic heterocycles. The molecule has 116 valence electrons. The van der Waals surface area contributed by atoms with Crippen molar-refractivity contribution >= 4 is 0 Å². The summed E-state index contributed by atoms with van der Waals surface area (Å²) in [4.78, 5) is 0. The molecule has 0 fully saturated rings. The summed E-state index contributed by atoms with van der Waals surface area (Å²) in [6, 6.07) is 0. The zero-order valence-electron chi connectivity index (χ0n) is 13.7. The second-order valence-corrected chi connectivity index (χ2v) is 6.26. The van der Waals surface area contributed by atoms with Crippen molar-refractivity contribution in [1.29, 1.82) is 0 Å². The number of rotatable bonds is 11. The fourth-order valence-electron chi connectivity index (χ4n) is 2.30. The molecular weight excluding hydrogens is 240 g/mol. The predicted octanol–water partition coefficient (Wildman–Crippen LogP) is 3.70. The molecule has 0 radical (unpaired) electrons. The fraction of sp³-hybridized carbons (Fsp3) is 1.00. The third-order valence-corrected chi connectivity index (χ3v) is 3.68. The molecule has 0 bridgehead atoms. The summed E-state index contributed by atoms with van der Waals surface area (Å²) in [5, 5.41) is 9.42. The minimum absolute atomic E-state index is 0.0960. The molecule has 0 spiro atoms. The van der Waals surface area contributed by atoms with Gasteiger partial charge in [0.05, 0.1) is 6.61 Å². The Bertz CT molecular complexity index is 204. The van der Waals surface area contributed by atoms with Crippen LogP contribution >= 0.6 is 0 Å². The maximum Gasteiger partial charge on any atom is 0.157 e.